The Morgan fingerprint density at radius 2 is 2.13 bits per heavy atom. The minimum atomic E-state index is 0.228. The molecule has 0 aliphatic carbocycles. The van der Waals surface area contributed by atoms with Gasteiger partial charge in [-0.15, -0.1) is 0 Å². The molecule has 3 heterocycles. The highest BCUT2D eigenvalue weighted by Crippen LogP contribution is 2.37. The Morgan fingerprint density at radius 1 is 1.29 bits per heavy atom. The van der Waals surface area contributed by atoms with Crippen LogP contribution in [0.4, 0.5) is 23.3 Å². The van der Waals surface area contributed by atoms with Gasteiger partial charge >= 0.3 is 0 Å². The highest BCUT2D eigenvalue weighted by Gasteiger charge is 2.23. The lowest BCUT2D eigenvalue weighted by Crippen LogP contribution is -2.50. The maximum atomic E-state index is 9.56. The van der Waals surface area contributed by atoms with Gasteiger partial charge in [0.05, 0.1) is 34.2 Å². The maximum Gasteiger partial charge on any atom is 0.232 e. The van der Waals surface area contributed by atoms with E-state index >= 15 is 0 Å². The summed E-state index contributed by atoms with van der Waals surface area (Å²) in [7, 11) is 0. The summed E-state index contributed by atoms with van der Waals surface area (Å²) in [5.41, 5.74) is 2.48. The van der Waals surface area contributed by atoms with Gasteiger partial charge in [0.15, 0.2) is 5.65 Å². The van der Waals surface area contributed by atoms with Gasteiger partial charge in [-0.2, -0.15) is 30.1 Å². The van der Waals surface area contributed by atoms with Crippen molar-refractivity contribution < 1.29 is 0 Å². The van der Waals surface area contributed by atoms with Crippen LogP contribution in [0, 0.1) is 22.7 Å². The lowest BCUT2D eigenvalue weighted by atomic mass is 10.1. The van der Waals surface area contributed by atoms with Crippen molar-refractivity contribution in [1.29, 1.82) is 10.5 Å². The Morgan fingerprint density at radius 3 is 2.84 bits per heavy atom. The molecule has 11 heteroatoms. The summed E-state index contributed by atoms with van der Waals surface area (Å²) in [6.45, 7) is 7.11. The molecule has 1 aliphatic rings. The molecule has 0 amide bonds. The first-order valence-corrected chi connectivity index (χ1v) is 10.3. The Labute approximate surface area is 184 Å². The van der Waals surface area contributed by atoms with Gasteiger partial charge in [-0.25, -0.2) is 0 Å². The number of hydrogen-bond donors (Lipinski definition) is 3. The van der Waals surface area contributed by atoms with Crippen molar-refractivity contribution >= 4 is 40.5 Å². The van der Waals surface area contributed by atoms with Gasteiger partial charge in [-0.3, -0.25) is 0 Å². The van der Waals surface area contributed by atoms with E-state index in [9.17, 15) is 10.5 Å². The molecular formula is C20H21ClN10. The Balaban J connectivity index is 1.79. The van der Waals surface area contributed by atoms with Crippen molar-refractivity contribution in [2.45, 2.75) is 19.9 Å². The largest absolute Gasteiger partial charge is 0.365 e. The van der Waals surface area contributed by atoms with Crippen LogP contribution in [-0.2, 0) is 0 Å². The van der Waals surface area contributed by atoms with Crippen molar-refractivity contribution in [3.8, 4) is 12.1 Å². The summed E-state index contributed by atoms with van der Waals surface area (Å²) in [5, 5.41) is 33.2. The van der Waals surface area contributed by atoms with E-state index in [1.165, 1.54) is 10.7 Å². The highest BCUT2D eigenvalue weighted by molar-refractivity contribution is 6.36. The van der Waals surface area contributed by atoms with E-state index in [1.807, 2.05) is 6.92 Å². The second-order valence-electron chi connectivity index (χ2n) is 7.15. The van der Waals surface area contributed by atoms with E-state index in [-0.39, 0.29) is 12.0 Å². The van der Waals surface area contributed by atoms with E-state index in [1.54, 1.807) is 12.1 Å². The number of nitriles is 2. The first kappa shape index (κ1) is 20.7. The zero-order valence-electron chi connectivity index (χ0n) is 17.1. The molecular weight excluding hydrogens is 416 g/mol. The molecule has 3 aromatic rings. The standard InChI is InChI=1S/C20H21ClN10/c1-3-25-20-29-19(28-18-14(9-23)11-26-31(18)20)27-15-6-13(8-22)7-16(17(15)21)30-5-4-24-10-12(30)2/h6-7,11-12,24H,3-5,10H2,1-2H3,(H2,25,27,28,29)/t12-/m0/s1. The fraction of sp³-hybridized carbons (Fsp3) is 0.350. The average molecular weight is 437 g/mol. The Kier molecular flexibility index (Phi) is 5.76. The SMILES string of the molecule is CCNc1nc(Nc2cc(C#N)cc(N3CCNC[C@@H]3C)c2Cl)nc2c(C#N)cnn12. The minimum Gasteiger partial charge on any atom is -0.365 e. The van der Waals surface area contributed by atoms with Gasteiger partial charge in [0, 0.05) is 32.2 Å². The molecule has 1 saturated heterocycles. The number of nitrogens with one attached hydrogen (secondary N) is 3. The third-order valence-electron chi connectivity index (χ3n) is 5.06. The summed E-state index contributed by atoms with van der Waals surface area (Å²) in [6, 6.07) is 7.98. The van der Waals surface area contributed by atoms with E-state index in [4.69, 9.17) is 11.6 Å². The van der Waals surface area contributed by atoms with Crippen LogP contribution in [0.2, 0.25) is 5.02 Å². The van der Waals surface area contributed by atoms with Crippen LogP contribution in [0.3, 0.4) is 0 Å². The second kappa shape index (κ2) is 8.64. The lowest BCUT2D eigenvalue weighted by Gasteiger charge is -2.36. The Hall–Kier alpha value is -3.60. The number of piperazine rings is 1. The number of benzene rings is 1. The van der Waals surface area contributed by atoms with Crippen molar-refractivity contribution in [2.24, 2.45) is 0 Å². The van der Waals surface area contributed by atoms with Gasteiger partial charge < -0.3 is 20.9 Å². The summed E-state index contributed by atoms with van der Waals surface area (Å²) >= 11 is 6.77. The summed E-state index contributed by atoms with van der Waals surface area (Å²) in [6.07, 6.45) is 1.45. The van der Waals surface area contributed by atoms with Gasteiger partial charge in [-0.05, 0) is 26.0 Å². The quantitative estimate of drug-likeness (QED) is 0.552. The minimum absolute atomic E-state index is 0.228. The third-order valence-corrected chi connectivity index (χ3v) is 5.46. The zero-order valence-corrected chi connectivity index (χ0v) is 17.9. The Bertz CT molecular complexity index is 1210. The third kappa shape index (κ3) is 3.91. The van der Waals surface area contributed by atoms with Gasteiger partial charge in [0.1, 0.15) is 11.6 Å². The summed E-state index contributed by atoms with van der Waals surface area (Å²) < 4.78 is 1.48. The lowest BCUT2D eigenvalue weighted by molar-refractivity contribution is 0.501. The maximum absolute atomic E-state index is 9.56. The molecule has 1 aromatic carbocycles. The fourth-order valence-electron chi connectivity index (χ4n) is 3.58. The molecule has 0 unspecified atom stereocenters. The van der Waals surface area contributed by atoms with Crippen molar-refractivity contribution in [2.75, 3.05) is 41.7 Å². The van der Waals surface area contributed by atoms with Gasteiger partial charge in [0.2, 0.25) is 11.9 Å². The summed E-state index contributed by atoms with van der Waals surface area (Å²) in [4.78, 5) is 11.1. The predicted octanol–water partition coefficient (Wildman–Crippen LogP) is 2.49. The second-order valence-corrected chi connectivity index (χ2v) is 7.52. The molecule has 3 N–H and O–H groups in total. The van der Waals surface area contributed by atoms with Crippen molar-refractivity contribution in [3.63, 3.8) is 0 Å². The molecule has 0 saturated carbocycles. The van der Waals surface area contributed by atoms with E-state index < -0.39 is 0 Å². The van der Waals surface area contributed by atoms with E-state index in [2.05, 4.69) is 55.0 Å². The first-order chi connectivity index (χ1) is 15.0. The monoisotopic (exact) mass is 436 g/mol. The summed E-state index contributed by atoms with van der Waals surface area (Å²) in [5.74, 6) is 0.691. The normalized spacial score (nSPS) is 16.0. The number of hydrogen-bond acceptors (Lipinski definition) is 9. The van der Waals surface area contributed by atoms with E-state index in [0.717, 1.165) is 25.3 Å². The molecule has 4 rings (SSSR count). The number of anilines is 4. The van der Waals surface area contributed by atoms with Crippen LogP contribution in [0.5, 0.6) is 0 Å². The van der Waals surface area contributed by atoms with Crippen LogP contribution in [0.1, 0.15) is 25.0 Å². The van der Waals surface area contributed by atoms with Crippen molar-refractivity contribution in [3.05, 3.63) is 34.5 Å². The molecule has 0 radical (unpaired) electrons. The average Bonchev–Trinajstić information content (AvgIpc) is 3.19. The number of rotatable bonds is 5. The molecule has 10 nitrogen and oxygen atoms in total. The molecule has 0 bridgehead atoms. The zero-order chi connectivity index (χ0) is 22.0. The van der Waals surface area contributed by atoms with E-state index in [0.29, 0.717) is 40.0 Å². The fourth-order valence-corrected chi connectivity index (χ4v) is 3.84. The van der Waals surface area contributed by atoms with Gasteiger partial charge in [0.25, 0.3) is 0 Å². The molecule has 1 aliphatic heterocycles. The number of aromatic nitrogens is 4. The van der Waals surface area contributed by atoms with Crippen LogP contribution in [-0.4, -0.2) is 51.8 Å². The smallest absolute Gasteiger partial charge is 0.232 e. The van der Waals surface area contributed by atoms with Crippen molar-refractivity contribution in [1.82, 2.24) is 24.9 Å². The predicted molar refractivity (Wildman–Crippen MR) is 119 cm³/mol. The number of halogens is 1. The molecule has 1 fully saturated rings. The number of nitrogens with zero attached hydrogens (tertiary/aromatic N) is 7. The van der Waals surface area contributed by atoms with Crippen LogP contribution in [0.15, 0.2) is 18.3 Å². The molecule has 0 spiro atoms. The molecule has 2 aromatic heterocycles. The van der Waals surface area contributed by atoms with Gasteiger partial charge in [-0.1, -0.05) is 11.6 Å². The number of fused-ring (bicyclic) bond motifs is 1. The van der Waals surface area contributed by atoms with Crippen LogP contribution < -0.4 is 20.9 Å². The molecule has 31 heavy (non-hydrogen) atoms. The van der Waals surface area contributed by atoms with Crippen LogP contribution >= 0.6 is 11.6 Å². The molecule has 1 atom stereocenters. The topological polar surface area (TPSA) is 130 Å². The highest BCUT2D eigenvalue weighted by atomic mass is 35.5. The molecule has 158 valence electrons. The van der Waals surface area contributed by atoms with Crippen LogP contribution in [0.25, 0.3) is 5.65 Å². The first-order valence-electron chi connectivity index (χ1n) is 9.93.